The molecule has 1 aromatic rings. The number of dihydropyridines is 1. The van der Waals surface area contributed by atoms with E-state index in [1.165, 1.54) is 13.2 Å². The number of nitrogens with zero attached hydrogens (tertiary/aromatic N) is 3. The van der Waals surface area contributed by atoms with Crippen molar-refractivity contribution < 1.29 is 25.5 Å². The Morgan fingerprint density at radius 2 is 2.10 bits per heavy atom. The minimum Gasteiger partial charge on any atom is -1.00 e. The molecular formula is C20H30MgN4O5S. The topological polar surface area (TPSA) is 111 Å². The van der Waals surface area contributed by atoms with Crippen molar-refractivity contribution in [3.63, 3.8) is 0 Å². The van der Waals surface area contributed by atoms with Crippen molar-refractivity contribution >= 4 is 45.4 Å². The standard InChI is InChI=1S/C17H24N2O5S.C3H4N2.Mg.2H/c1-13-14(18-9-8-15(13)24-11-5-10-22-2)12-25(20,21)17-7-4-6-16(19-17)23-3;1-2-5-3-4-1;;;/h4,6-9,16,19H,5,10-12H2,1-3H3;1,3H,2H2;;;/q;;+2;2*-1. The van der Waals surface area contributed by atoms with E-state index < -0.39 is 16.1 Å². The molecule has 0 fully saturated rings. The van der Waals surface area contributed by atoms with E-state index in [4.69, 9.17) is 14.2 Å². The smallest absolute Gasteiger partial charge is 1.00 e. The van der Waals surface area contributed by atoms with E-state index in [9.17, 15) is 8.42 Å². The summed E-state index contributed by atoms with van der Waals surface area (Å²) in [6.07, 6.45) is 10.1. The van der Waals surface area contributed by atoms with Gasteiger partial charge >= 0.3 is 23.1 Å². The molecule has 0 saturated carbocycles. The molecule has 0 saturated heterocycles. The van der Waals surface area contributed by atoms with E-state index in [0.717, 1.165) is 18.5 Å². The van der Waals surface area contributed by atoms with Gasteiger partial charge in [-0.1, -0.05) is 6.08 Å². The molecule has 0 aliphatic carbocycles. The number of nitrogens with one attached hydrogen (secondary N) is 1. The Balaban J connectivity index is 0. The molecule has 11 heteroatoms. The molecule has 1 atom stereocenters. The Kier molecular flexibility index (Phi) is 12.6. The van der Waals surface area contributed by atoms with E-state index in [2.05, 4.69) is 20.3 Å². The fraction of sp³-hybridized carbons (Fsp3) is 0.450. The van der Waals surface area contributed by atoms with E-state index in [1.54, 1.807) is 44.1 Å². The third-order valence-corrected chi connectivity index (χ3v) is 5.76. The number of sulfone groups is 1. The van der Waals surface area contributed by atoms with Gasteiger partial charge in [0.05, 0.1) is 24.6 Å². The van der Waals surface area contributed by atoms with Gasteiger partial charge in [-0.15, -0.1) is 0 Å². The van der Waals surface area contributed by atoms with E-state index in [0.29, 0.717) is 24.7 Å². The second-order valence-electron chi connectivity index (χ2n) is 6.36. The number of methoxy groups -OCH3 is 2. The molecule has 1 unspecified atom stereocenters. The molecule has 0 aromatic carbocycles. The van der Waals surface area contributed by atoms with Gasteiger partial charge in [-0.25, -0.2) is 13.4 Å². The predicted molar refractivity (Wildman–Crippen MR) is 125 cm³/mol. The molecule has 0 radical (unpaired) electrons. The van der Waals surface area contributed by atoms with Gasteiger partial charge in [-0.05, 0) is 25.1 Å². The number of rotatable bonds is 9. The third-order valence-electron chi connectivity index (χ3n) is 4.18. The van der Waals surface area contributed by atoms with Crippen LogP contribution in [0, 0.1) is 6.92 Å². The Morgan fingerprint density at radius 1 is 1.29 bits per heavy atom. The molecule has 3 heterocycles. The van der Waals surface area contributed by atoms with Crippen LogP contribution in [-0.2, 0) is 25.1 Å². The first-order valence-corrected chi connectivity index (χ1v) is 11.1. The number of ether oxygens (including phenoxy) is 3. The summed E-state index contributed by atoms with van der Waals surface area (Å²) in [6.45, 7) is 3.70. The Hall–Kier alpha value is -1.79. The van der Waals surface area contributed by atoms with E-state index in [1.807, 2.05) is 6.92 Å². The molecule has 0 spiro atoms. The largest absolute Gasteiger partial charge is 2.00 e. The zero-order valence-corrected chi connectivity index (χ0v) is 20.4. The van der Waals surface area contributed by atoms with Gasteiger partial charge in [-0.3, -0.25) is 9.98 Å². The average Bonchev–Trinajstić information content (AvgIpc) is 3.34. The average molecular weight is 463 g/mol. The zero-order valence-electron chi connectivity index (χ0n) is 20.2. The molecule has 31 heavy (non-hydrogen) atoms. The van der Waals surface area contributed by atoms with Crippen LogP contribution in [0.4, 0.5) is 0 Å². The fourth-order valence-corrected chi connectivity index (χ4v) is 3.94. The van der Waals surface area contributed by atoms with Crippen LogP contribution in [0.15, 0.2) is 45.5 Å². The van der Waals surface area contributed by atoms with Crippen LogP contribution in [0.2, 0.25) is 0 Å². The molecule has 3 rings (SSSR count). The maximum Gasteiger partial charge on any atom is 2.00 e. The van der Waals surface area contributed by atoms with Gasteiger partial charge < -0.3 is 22.4 Å². The summed E-state index contributed by atoms with van der Waals surface area (Å²) >= 11 is 0. The summed E-state index contributed by atoms with van der Waals surface area (Å²) < 4.78 is 41.1. The number of pyridine rings is 1. The summed E-state index contributed by atoms with van der Waals surface area (Å²) in [5.41, 5.74) is 1.19. The first-order valence-electron chi connectivity index (χ1n) is 9.44. The van der Waals surface area contributed by atoms with Gasteiger partial charge in [0.15, 0.2) is 9.84 Å². The van der Waals surface area contributed by atoms with Crippen LogP contribution < -0.4 is 10.1 Å². The summed E-state index contributed by atoms with van der Waals surface area (Å²) in [5, 5.41) is 2.96. The number of allylic oxidation sites excluding steroid dienone is 2. The Morgan fingerprint density at radius 3 is 2.71 bits per heavy atom. The van der Waals surface area contributed by atoms with Crippen molar-refractivity contribution in [3.05, 3.63) is 46.8 Å². The predicted octanol–water partition coefficient (Wildman–Crippen LogP) is 1.64. The van der Waals surface area contributed by atoms with Crippen molar-refractivity contribution in [3.8, 4) is 5.75 Å². The molecule has 1 N–H and O–H groups in total. The van der Waals surface area contributed by atoms with Gasteiger partial charge in [0, 0.05) is 45.2 Å². The molecule has 0 amide bonds. The van der Waals surface area contributed by atoms with Crippen molar-refractivity contribution in [2.24, 2.45) is 9.98 Å². The van der Waals surface area contributed by atoms with Crippen molar-refractivity contribution in [1.29, 1.82) is 0 Å². The summed E-state index contributed by atoms with van der Waals surface area (Å²) in [7, 11) is -0.423. The number of hydrogen-bond donors (Lipinski definition) is 1. The van der Waals surface area contributed by atoms with Crippen molar-refractivity contribution in [2.45, 2.75) is 25.3 Å². The monoisotopic (exact) mass is 462 g/mol. The molecule has 0 bridgehead atoms. The van der Waals surface area contributed by atoms with Gasteiger partial charge in [-0.2, -0.15) is 0 Å². The first-order chi connectivity index (χ1) is 14.5. The number of aromatic nitrogens is 1. The summed E-state index contributed by atoms with van der Waals surface area (Å²) in [4.78, 5) is 11.6. The van der Waals surface area contributed by atoms with Crippen LogP contribution in [-0.4, -0.2) is 89.2 Å². The Labute approximate surface area is 202 Å². The summed E-state index contributed by atoms with van der Waals surface area (Å²) in [6, 6.07) is 1.74. The zero-order chi connectivity index (χ0) is 21.8. The van der Waals surface area contributed by atoms with Crippen LogP contribution >= 0.6 is 0 Å². The van der Waals surface area contributed by atoms with Crippen LogP contribution in [0.25, 0.3) is 0 Å². The maximum atomic E-state index is 12.7. The fourth-order valence-electron chi connectivity index (χ4n) is 2.55. The normalized spacial score (nSPS) is 16.6. The molecule has 9 nitrogen and oxygen atoms in total. The number of aliphatic imine (C=N–C) groups is 2. The van der Waals surface area contributed by atoms with Gasteiger partial charge in [0.2, 0.25) is 0 Å². The number of hydrogen-bond acceptors (Lipinski definition) is 9. The van der Waals surface area contributed by atoms with Crippen molar-refractivity contribution in [2.75, 3.05) is 34.0 Å². The van der Waals surface area contributed by atoms with E-state index in [-0.39, 0.29) is 36.7 Å². The Bertz CT molecular complexity index is 917. The molecule has 2 aliphatic rings. The maximum absolute atomic E-state index is 12.7. The van der Waals surface area contributed by atoms with Gasteiger partial charge in [0.25, 0.3) is 0 Å². The van der Waals surface area contributed by atoms with Crippen LogP contribution in [0.5, 0.6) is 5.75 Å². The molecular weight excluding hydrogens is 433 g/mol. The van der Waals surface area contributed by atoms with Crippen LogP contribution in [0.1, 0.15) is 20.5 Å². The third kappa shape index (κ3) is 9.07. The molecule has 168 valence electrons. The molecule has 2 aliphatic heterocycles. The second-order valence-corrected chi connectivity index (χ2v) is 8.32. The SMILES string of the molecule is C1=NC=NC1.COCCCOc1ccnc(CS(=O)(=O)C2=CC=CC(OC)N2)c1C.[H-].[H-].[Mg+2]. The quantitative estimate of drug-likeness (QED) is 0.438. The minimum atomic E-state index is -3.57. The summed E-state index contributed by atoms with van der Waals surface area (Å²) in [5.74, 6) is 0.425. The first kappa shape index (κ1) is 27.2. The van der Waals surface area contributed by atoms with Crippen molar-refractivity contribution in [1.82, 2.24) is 10.3 Å². The minimum absolute atomic E-state index is 0. The molecule has 1 aromatic heterocycles. The second kappa shape index (κ2) is 14.3. The van der Waals surface area contributed by atoms with Crippen LogP contribution in [0.3, 0.4) is 0 Å². The van der Waals surface area contributed by atoms with E-state index >= 15 is 0 Å². The van der Waals surface area contributed by atoms with Gasteiger partial charge in [0.1, 0.15) is 23.3 Å².